The number of benzene rings is 1. The Morgan fingerprint density at radius 3 is 3.11 bits per heavy atom. The van der Waals surface area contributed by atoms with Crippen LogP contribution in [0.3, 0.4) is 0 Å². The fourth-order valence-corrected chi connectivity index (χ4v) is 2.63. The standard InChI is InChI=1S/C11H10N6OS/c12-6-1-4-8-9(5-6)18-11(13-8)19-10-14-15-16-17(10)7-2-3-7/h1,4-5,7H,2-3,12H2. The van der Waals surface area contributed by atoms with E-state index in [0.717, 1.165) is 18.4 Å². The largest absolute Gasteiger partial charge is 0.431 e. The van der Waals surface area contributed by atoms with Crippen molar-refractivity contribution in [2.24, 2.45) is 0 Å². The van der Waals surface area contributed by atoms with Gasteiger partial charge in [-0.25, -0.2) is 9.67 Å². The fraction of sp³-hybridized carbons (Fsp3) is 0.273. The predicted molar refractivity (Wildman–Crippen MR) is 68.6 cm³/mol. The van der Waals surface area contributed by atoms with Gasteiger partial charge < -0.3 is 10.2 Å². The van der Waals surface area contributed by atoms with Crippen molar-refractivity contribution in [1.29, 1.82) is 0 Å². The van der Waals surface area contributed by atoms with E-state index in [4.69, 9.17) is 10.2 Å². The minimum Gasteiger partial charge on any atom is -0.431 e. The maximum Gasteiger partial charge on any atom is 0.264 e. The van der Waals surface area contributed by atoms with Crippen molar-refractivity contribution in [3.05, 3.63) is 18.2 Å². The van der Waals surface area contributed by atoms with E-state index in [1.54, 1.807) is 12.1 Å². The van der Waals surface area contributed by atoms with Gasteiger partial charge in [0.1, 0.15) is 5.52 Å². The molecule has 4 rings (SSSR count). The van der Waals surface area contributed by atoms with E-state index in [0.29, 0.717) is 27.7 Å². The molecule has 0 saturated heterocycles. The third-order valence-corrected chi connectivity index (χ3v) is 3.73. The van der Waals surface area contributed by atoms with Crippen molar-refractivity contribution in [2.75, 3.05) is 5.73 Å². The second-order valence-corrected chi connectivity index (χ2v) is 5.36. The minimum absolute atomic E-state index is 0.428. The van der Waals surface area contributed by atoms with Gasteiger partial charge in [-0.3, -0.25) is 0 Å². The molecule has 0 aliphatic heterocycles. The van der Waals surface area contributed by atoms with Gasteiger partial charge in [-0.2, -0.15) is 0 Å². The van der Waals surface area contributed by atoms with Gasteiger partial charge in [0.15, 0.2) is 5.58 Å². The number of rotatable bonds is 3. The highest BCUT2D eigenvalue weighted by atomic mass is 32.2. The van der Waals surface area contributed by atoms with Crippen LogP contribution >= 0.6 is 11.8 Å². The van der Waals surface area contributed by atoms with Crippen LogP contribution in [0.1, 0.15) is 18.9 Å². The third-order valence-electron chi connectivity index (χ3n) is 2.93. The summed E-state index contributed by atoms with van der Waals surface area (Å²) < 4.78 is 7.47. The number of nitrogens with zero attached hydrogens (tertiary/aromatic N) is 5. The first-order chi connectivity index (χ1) is 9.29. The second kappa shape index (κ2) is 3.95. The molecule has 0 radical (unpaired) electrons. The lowest BCUT2D eigenvalue weighted by Crippen LogP contribution is -1.98. The first-order valence-electron chi connectivity index (χ1n) is 5.91. The van der Waals surface area contributed by atoms with E-state index in [1.165, 1.54) is 11.8 Å². The second-order valence-electron chi connectivity index (χ2n) is 4.45. The molecule has 7 nitrogen and oxygen atoms in total. The summed E-state index contributed by atoms with van der Waals surface area (Å²) in [5, 5.41) is 12.9. The maximum atomic E-state index is 5.71. The molecule has 0 amide bonds. The number of fused-ring (bicyclic) bond motifs is 1. The lowest BCUT2D eigenvalue weighted by atomic mass is 10.3. The van der Waals surface area contributed by atoms with Crippen molar-refractivity contribution in [3.63, 3.8) is 0 Å². The van der Waals surface area contributed by atoms with E-state index < -0.39 is 0 Å². The van der Waals surface area contributed by atoms with E-state index in [-0.39, 0.29) is 0 Å². The zero-order valence-corrected chi connectivity index (χ0v) is 10.7. The maximum absolute atomic E-state index is 5.71. The molecule has 0 bridgehead atoms. The molecule has 19 heavy (non-hydrogen) atoms. The summed E-state index contributed by atoms with van der Waals surface area (Å²) in [5.41, 5.74) is 7.82. The highest BCUT2D eigenvalue weighted by Gasteiger charge is 2.28. The molecule has 2 N–H and O–H groups in total. The Bertz CT molecular complexity index is 747. The van der Waals surface area contributed by atoms with Crippen LogP contribution in [0, 0.1) is 0 Å². The molecule has 2 heterocycles. The summed E-state index contributed by atoms with van der Waals surface area (Å²) in [5.74, 6) is 0. The van der Waals surface area contributed by atoms with Crippen LogP contribution in [0.2, 0.25) is 0 Å². The van der Waals surface area contributed by atoms with Crippen LogP contribution in [-0.4, -0.2) is 25.2 Å². The lowest BCUT2D eigenvalue weighted by Gasteiger charge is -1.97. The van der Waals surface area contributed by atoms with E-state index in [2.05, 4.69) is 20.5 Å². The number of hydrogen-bond donors (Lipinski definition) is 1. The predicted octanol–water partition coefficient (Wildman–Crippen LogP) is 1.88. The SMILES string of the molecule is Nc1ccc2nc(Sc3nnnn3C3CC3)oc2c1. The van der Waals surface area contributed by atoms with Crippen LogP contribution in [0.5, 0.6) is 0 Å². The van der Waals surface area contributed by atoms with Crippen molar-refractivity contribution in [1.82, 2.24) is 25.2 Å². The molecule has 1 fully saturated rings. The van der Waals surface area contributed by atoms with Gasteiger partial charge in [0.05, 0.1) is 6.04 Å². The van der Waals surface area contributed by atoms with Crippen LogP contribution in [0.4, 0.5) is 5.69 Å². The Hall–Kier alpha value is -2.09. The zero-order valence-electron chi connectivity index (χ0n) is 9.85. The van der Waals surface area contributed by atoms with Crippen molar-refractivity contribution >= 4 is 28.5 Å². The Labute approximate surface area is 112 Å². The summed E-state index contributed by atoms with van der Waals surface area (Å²) in [6, 6.07) is 5.82. The molecule has 0 spiro atoms. The average Bonchev–Trinajstić information content (AvgIpc) is 3.00. The van der Waals surface area contributed by atoms with Crippen LogP contribution in [-0.2, 0) is 0 Å². The normalized spacial score (nSPS) is 15.2. The highest BCUT2D eigenvalue weighted by Crippen LogP contribution is 2.38. The minimum atomic E-state index is 0.428. The molecule has 96 valence electrons. The van der Waals surface area contributed by atoms with Crippen molar-refractivity contribution < 1.29 is 4.42 Å². The summed E-state index contributed by atoms with van der Waals surface area (Å²) >= 11 is 1.33. The van der Waals surface area contributed by atoms with Crippen LogP contribution in [0.25, 0.3) is 11.1 Å². The van der Waals surface area contributed by atoms with Gasteiger partial charge in [-0.1, -0.05) is 0 Å². The van der Waals surface area contributed by atoms with E-state index in [1.807, 2.05) is 10.7 Å². The lowest BCUT2D eigenvalue weighted by molar-refractivity contribution is 0.486. The number of oxazole rings is 1. The molecule has 0 atom stereocenters. The smallest absolute Gasteiger partial charge is 0.264 e. The molecule has 0 unspecified atom stereocenters. The third kappa shape index (κ3) is 1.93. The van der Waals surface area contributed by atoms with Crippen LogP contribution < -0.4 is 5.73 Å². The molecule has 1 aromatic carbocycles. The Morgan fingerprint density at radius 1 is 1.37 bits per heavy atom. The summed E-state index contributed by atoms with van der Waals surface area (Å²) in [6.07, 6.45) is 2.26. The fourth-order valence-electron chi connectivity index (χ4n) is 1.84. The van der Waals surface area contributed by atoms with Gasteiger partial charge in [-0.05, 0) is 35.4 Å². The number of anilines is 1. The number of nitrogen functional groups attached to an aromatic ring is 1. The Morgan fingerprint density at radius 2 is 2.26 bits per heavy atom. The molecule has 1 aliphatic rings. The quantitative estimate of drug-likeness (QED) is 0.728. The number of aromatic nitrogens is 5. The summed E-state index contributed by atoms with van der Waals surface area (Å²) in [4.78, 5) is 4.38. The monoisotopic (exact) mass is 274 g/mol. The highest BCUT2D eigenvalue weighted by molar-refractivity contribution is 7.99. The van der Waals surface area contributed by atoms with Gasteiger partial charge in [-0.15, -0.1) is 5.10 Å². The molecule has 1 aliphatic carbocycles. The first kappa shape index (κ1) is 10.8. The average molecular weight is 274 g/mol. The van der Waals surface area contributed by atoms with Gasteiger partial charge in [0.2, 0.25) is 5.16 Å². The first-order valence-corrected chi connectivity index (χ1v) is 6.73. The van der Waals surface area contributed by atoms with Crippen LogP contribution in [0.15, 0.2) is 33.0 Å². The molecule has 2 aromatic heterocycles. The molecular formula is C11H10N6OS. The molecule has 1 saturated carbocycles. The van der Waals surface area contributed by atoms with Gasteiger partial charge >= 0.3 is 0 Å². The Balaban J connectivity index is 1.68. The van der Waals surface area contributed by atoms with E-state index in [9.17, 15) is 0 Å². The topological polar surface area (TPSA) is 95.6 Å². The van der Waals surface area contributed by atoms with Crippen molar-refractivity contribution in [2.45, 2.75) is 29.3 Å². The number of hydrogen-bond acceptors (Lipinski definition) is 7. The van der Waals surface area contributed by atoms with Gasteiger partial charge in [0.25, 0.3) is 5.22 Å². The summed E-state index contributed by atoms with van der Waals surface area (Å²) in [7, 11) is 0. The van der Waals surface area contributed by atoms with Crippen molar-refractivity contribution in [3.8, 4) is 0 Å². The molecule has 8 heteroatoms. The number of nitrogens with two attached hydrogens (primary N) is 1. The Kier molecular flexibility index (Phi) is 2.25. The van der Waals surface area contributed by atoms with E-state index >= 15 is 0 Å². The number of tetrazole rings is 1. The van der Waals surface area contributed by atoms with Gasteiger partial charge in [0, 0.05) is 23.5 Å². The summed E-state index contributed by atoms with van der Waals surface area (Å²) in [6.45, 7) is 0. The molecular weight excluding hydrogens is 264 g/mol. The molecule has 3 aromatic rings. The zero-order chi connectivity index (χ0) is 12.8.